The van der Waals surface area contributed by atoms with Gasteiger partial charge >= 0.3 is 0 Å². The Balaban J connectivity index is 1.77. The molecule has 3 rings (SSSR count). The first-order chi connectivity index (χ1) is 11.1. The number of furan rings is 1. The lowest BCUT2D eigenvalue weighted by atomic mass is 10.1. The van der Waals surface area contributed by atoms with Gasteiger partial charge in [0.25, 0.3) is 0 Å². The van der Waals surface area contributed by atoms with E-state index in [1.807, 2.05) is 48.5 Å². The van der Waals surface area contributed by atoms with Crippen LogP contribution in [-0.2, 0) is 0 Å². The number of hydrogen-bond donors (Lipinski definition) is 0. The van der Waals surface area contributed by atoms with Gasteiger partial charge in [0.1, 0.15) is 11.5 Å². The summed E-state index contributed by atoms with van der Waals surface area (Å²) < 4.78 is 6.66. The Bertz CT molecular complexity index is 863. The van der Waals surface area contributed by atoms with E-state index in [2.05, 4.69) is 15.9 Å². The van der Waals surface area contributed by atoms with Gasteiger partial charge in [-0.3, -0.25) is 4.79 Å². The summed E-state index contributed by atoms with van der Waals surface area (Å²) in [5.74, 6) is 1.20. The van der Waals surface area contributed by atoms with Crippen LogP contribution in [0, 0.1) is 0 Å². The van der Waals surface area contributed by atoms with Crippen LogP contribution in [0.4, 0.5) is 0 Å². The van der Waals surface area contributed by atoms with Gasteiger partial charge in [0.05, 0.1) is 5.02 Å². The Labute approximate surface area is 147 Å². The Morgan fingerprint density at radius 3 is 2.48 bits per heavy atom. The number of allylic oxidation sites excluding steroid dienone is 1. The number of carbonyl (C=O) groups is 1. The fourth-order valence-corrected chi connectivity index (χ4v) is 2.61. The van der Waals surface area contributed by atoms with Crippen LogP contribution < -0.4 is 0 Å². The van der Waals surface area contributed by atoms with Gasteiger partial charge in [-0.1, -0.05) is 39.7 Å². The molecule has 1 aromatic heterocycles. The van der Waals surface area contributed by atoms with E-state index in [0.717, 1.165) is 10.0 Å². The molecule has 0 bridgehead atoms. The molecule has 0 saturated carbocycles. The van der Waals surface area contributed by atoms with Gasteiger partial charge in [0.15, 0.2) is 5.78 Å². The van der Waals surface area contributed by atoms with E-state index in [-0.39, 0.29) is 5.78 Å². The maximum atomic E-state index is 12.1. The summed E-state index contributed by atoms with van der Waals surface area (Å²) in [6, 6.07) is 18.3. The third kappa shape index (κ3) is 3.81. The maximum absolute atomic E-state index is 12.1. The van der Waals surface area contributed by atoms with Gasteiger partial charge < -0.3 is 4.42 Å². The lowest BCUT2D eigenvalue weighted by molar-refractivity contribution is 0.104. The Kier molecular flexibility index (Phi) is 4.79. The molecule has 0 N–H and O–H groups in total. The summed E-state index contributed by atoms with van der Waals surface area (Å²) in [7, 11) is 0. The highest BCUT2D eigenvalue weighted by molar-refractivity contribution is 9.10. The van der Waals surface area contributed by atoms with Gasteiger partial charge in [0, 0.05) is 15.6 Å². The summed E-state index contributed by atoms with van der Waals surface area (Å²) in [5.41, 5.74) is 1.45. The Morgan fingerprint density at radius 1 is 1.00 bits per heavy atom. The molecule has 0 spiro atoms. The second kappa shape index (κ2) is 6.99. The minimum absolute atomic E-state index is 0.0757. The highest BCUT2D eigenvalue weighted by Crippen LogP contribution is 2.29. The van der Waals surface area contributed by atoms with Crippen molar-refractivity contribution in [3.8, 4) is 11.3 Å². The van der Waals surface area contributed by atoms with Crippen molar-refractivity contribution in [2.45, 2.75) is 0 Å². The minimum Gasteiger partial charge on any atom is -0.457 e. The average Bonchev–Trinajstić information content (AvgIpc) is 3.02. The van der Waals surface area contributed by atoms with E-state index in [9.17, 15) is 4.79 Å². The van der Waals surface area contributed by atoms with Crippen LogP contribution in [0.2, 0.25) is 5.02 Å². The number of benzene rings is 2. The van der Waals surface area contributed by atoms with Gasteiger partial charge in [-0.2, -0.15) is 0 Å². The zero-order valence-electron chi connectivity index (χ0n) is 12.0. The molecule has 0 fully saturated rings. The van der Waals surface area contributed by atoms with Crippen LogP contribution in [0.3, 0.4) is 0 Å². The van der Waals surface area contributed by atoms with E-state index in [1.54, 1.807) is 18.2 Å². The van der Waals surface area contributed by atoms with Crippen LogP contribution in [0.1, 0.15) is 16.1 Å². The number of ketones is 1. The summed E-state index contributed by atoms with van der Waals surface area (Å²) in [6.45, 7) is 0. The number of rotatable bonds is 4. The zero-order valence-corrected chi connectivity index (χ0v) is 14.3. The lowest BCUT2D eigenvalue weighted by Gasteiger charge is -1.99. The SMILES string of the molecule is O=C(C=Cc1ccc(-c2ccccc2Cl)o1)c1ccc(Br)cc1. The predicted octanol–water partition coefficient (Wildman–Crippen LogP) is 6.26. The molecule has 0 aliphatic heterocycles. The molecule has 0 aliphatic carbocycles. The molecule has 0 atom stereocenters. The minimum atomic E-state index is -0.0757. The molecule has 0 radical (unpaired) electrons. The van der Waals surface area contributed by atoms with Crippen molar-refractivity contribution in [2.75, 3.05) is 0 Å². The van der Waals surface area contributed by atoms with Crippen LogP contribution in [0.5, 0.6) is 0 Å². The molecular formula is C19H12BrClO2. The van der Waals surface area contributed by atoms with Crippen molar-refractivity contribution >= 4 is 39.4 Å². The van der Waals surface area contributed by atoms with E-state index in [0.29, 0.717) is 22.1 Å². The van der Waals surface area contributed by atoms with Gasteiger partial charge in [-0.25, -0.2) is 0 Å². The molecule has 0 saturated heterocycles. The van der Waals surface area contributed by atoms with Crippen molar-refractivity contribution < 1.29 is 9.21 Å². The zero-order chi connectivity index (χ0) is 16.2. The second-order valence-corrected chi connectivity index (χ2v) is 6.21. The van der Waals surface area contributed by atoms with Crippen molar-refractivity contribution in [2.24, 2.45) is 0 Å². The van der Waals surface area contributed by atoms with Crippen molar-refractivity contribution in [3.05, 3.63) is 87.6 Å². The molecule has 0 aliphatic rings. The average molecular weight is 388 g/mol. The normalized spacial score (nSPS) is 11.0. The highest BCUT2D eigenvalue weighted by atomic mass is 79.9. The molecule has 0 amide bonds. The van der Waals surface area contributed by atoms with Crippen molar-refractivity contribution in [3.63, 3.8) is 0 Å². The summed E-state index contributed by atoms with van der Waals surface area (Å²) in [5, 5.41) is 0.628. The highest BCUT2D eigenvalue weighted by Gasteiger charge is 2.07. The molecule has 0 unspecified atom stereocenters. The molecular weight excluding hydrogens is 376 g/mol. The molecule has 3 aromatic rings. The topological polar surface area (TPSA) is 30.2 Å². The Morgan fingerprint density at radius 2 is 1.74 bits per heavy atom. The second-order valence-electron chi connectivity index (χ2n) is 4.89. The molecule has 4 heteroatoms. The maximum Gasteiger partial charge on any atom is 0.185 e. The van der Waals surface area contributed by atoms with E-state index >= 15 is 0 Å². The van der Waals surface area contributed by atoms with Gasteiger partial charge in [0.2, 0.25) is 0 Å². The first kappa shape index (κ1) is 15.8. The van der Waals surface area contributed by atoms with E-state index in [4.69, 9.17) is 16.0 Å². The van der Waals surface area contributed by atoms with Crippen LogP contribution in [0.15, 0.2) is 75.6 Å². The fraction of sp³-hybridized carbons (Fsp3) is 0. The summed E-state index contributed by atoms with van der Waals surface area (Å²) in [4.78, 5) is 12.1. The van der Waals surface area contributed by atoms with Crippen molar-refractivity contribution in [1.82, 2.24) is 0 Å². The summed E-state index contributed by atoms with van der Waals surface area (Å²) in [6.07, 6.45) is 3.16. The van der Waals surface area contributed by atoms with E-state index < -0.39 is 0 Å². The molecule has 23 heavy (non-hydrogen) atoms. The van der Waals surface area contributed by atoms with Gasteiger partial charge in [-0.15, -0.1) is 0 Å². The number of hydrogen-bond acceptors (Lipinski definition) is 2. The van der Waals surface area contributed by atoms with Crippen molar-refractivity contribution in [1.29, 1.82) is 0 Å². The quantitative estimate of drug-likeness (QED) is 0.391. The third-order valence-electron chi connectivity index (χ3n) is 3.29. The Hall–Kier alpha value is -2.10. The van der Waals surface area contributed by atoms with Crippen LogP contribution in [-0.4, -0.2) is 5.78 Å². The first-order valence-electron chi connectivity index (χ1n) is 6.96. The fourth-order valence-electron chi connectivity index (χ4n) is 2.12. The predicted molar refractivity (Wildman–Crippen MR) is 96.7 cm³/mol. The molecule has 1 heterocycles. The molecule has 2 nitrogen and oxygen atoms in total. The largest absolute Gasteiger partial charge is 0.457 e. The first-order valence-corrected chi connectivity index (χ1v) is 8.13. The number of carbonyl (C=O) groups excluding carboxylic acids is 1. The lowest BCUT2D eigenvalue weighted by Crippen LogP contribution is -1.92. The molecule has 2 aromatic carbocycles. The van der Waals surface area contributed by atoms with Gasteiger partial charge in [-0.05, 0) is 60.7 Å². The monoisotopic (exact) mass is 386 g/mol. The standard InChI is InChI=1S/C19H12BrClO2/c20-14-7-5-13(6-8-14)18(22)11-9-15-10-12-19(23-15)16-3-1-2-4-17(16)21/h1-12H. The smallest absolute Gasteiger partial charge is 0.185 e. The van der Waals surface area contributed by atoms with E-state index in [1.165, 1.54) is 6.08 Å². The number of halogens is 2. The molecule has 114 valence electrons. The summed E-state index contributed by atoms with van der Waals surface area (Å²) >= 11 is 9.50. The third-order valence-corrected chi connectivity index (χ3v) is 4.15. The van der Waals surface area contributed by atoms with Crippen LogP contribution >= 0.6 is 27.5 Å². The van der Waals surface area contributed by atoms with Crippen LogP contribution in [0.25, 0.3) is 17.4 Å².